The molecule has 7 nitrogen and oxygen atoms in total. The van der Waals surface area contributed by atoms with E-state index >= 15 is 0 Å². The van der Waals surface area contributed by atoms with Crippen LogP contribution in [0.15, 0.2) is 41.5 Å². The molecular weight excluding hydrogens is 401 g/mol. The summed E-state index contributed by atoms with van der Waals surface area (Å²) in [7, 11) is 1.48. The quantitative estimate of drug-likeness (QED) is 0.725. The van der Waals surface area contributed by atoms with Crippen LogP contribution >= 0.6 is 0 Å². The lowest BCUT2D eigenvalue weighted by molar-refractivity contribution is -0.128. The summed E-state index contributed by atoms with van der Waals surface area (Å²) in [6, 6.07) is 6.59. The summed E-state index contributed by atoms with van der Waals surface area (Å²) in [5.74, 6) is -1.47. The number of rotatable bonds is 6. The Morgan fingerprint density at radius 2 is 2.07 bits per heavy atom. The van der Waals surface area contributed by atoms with Crippen LogP contribution in [0.1, 0.15) is 35.0 Å². The summed E-state index contributed by atoms with van der Waals surface area (Å²) in [4.78, 5) is 34.0. The van der Waals surface area contributed by atoms with Gasteiger partial charge in [0.05, 0.1) is 18.2 Å². The number of carbonyl (C=O) groups is 2. The van der Waals surface area contributed by atoms with Gasteiger partial charge >= 0.3 is 6.61 Å². The second kappa shape index (κ2) is 8.13. The van der Waals surface area contributed by atoms with Crippen LogP contribution in [0.2, 0.25) is 0 Å². The summed E-state index contributed by atoms with van der Waals surface area (Å²) < 4.78 is 43.2. The number of guanidine groups is 1. The fourth-order valence-electron chi connectivity index (χ4n) is 3.15. The number of hydrogen-bond donors (Lipinski definition) is 1. The van der Waals surface area contributed by atoms with Gasteiger partial charge in [-0.05, 0) is 36.8 Å². The monoisotopic (exact) mass is 420 g/mol. The van der Waals surface area contributed by atoms with Crippen molar-refractivity contribution in [2.24, 2.45) is 10.7 Å². The van der Waals surface area contributed by atoms with Crippen molar-refractivity contribution in [2.45, 2.75) is 31.9 Å². The summed E-state index contributed by atoms with van der Waals surface area (Å²) in [6.45, 7) is -1.39. The van der Waals surface area contributed by atoms with Gasteiger partial charge in [0.1, 0.15) is 17.3 Å². The highest BCUT2D eigenvalue weighted by molar-refractivity contribution is 5.99. The third-order valence-electron chi connectivity index (χ3n) is 4.80. The Bertz CT molecular complexity index is 1010. The Labute approximate surface area is 170 Å². The maximum absolute atomic E-state index is 14.6. The number of pyridine rings is 1. The van der Waals surface area contributed by atoms with Gasteiger partial charge in [0.25, 0.3) is 0 Å². The molecule has 2 heterocycles. The Hall–Kier alpha value is -3.43. The first-order valence-corrected chi connectivity index (χ1v) is 8.94. The molecule has 0 fully saturated rings. The topological polar surface area (TPSA) is 97.9 Å². The molecule has 30 heavy (non-hydrogen) atoms. The maximum Gasteiger partial charge on any atom is 0.387 e. The van der Waals surface area contributed by atoms with E-state index in [4.69, 9.17) is 5.73 Å². The van der Waals surface area contributed by atoms with Crippen molar-refractivity contribution in [1.29, 1.82) is 0 Å². The van der Waals surface area contributed by atoms with Crippen LogP contribution in [0.4, 0.5) is 13.2 Å². The molecule has 1 aromatic heterocycles. The Morgan fingerprint density at radius 3 is 2.67 bits per heavy atom. The minimum absolute atomic E-state index is 0.0232. The zero-order chi connectivity index (χ0) is 22.1. The predicted octanol–water partition coefficient (Wildman–Crippen LogP) is 2.64. The van der Waals surface area contributed by atoms with E-state index in [0.29, 0.717) is 5.56 Å². The number of ketones is 1. The Kier molecular flexibility index (Phi) is 5.77. The Morgan fingerprint density at radius 1 is 1.33 bits per heavy atom. The van der Waals surface area contributed by atoms with E-state index in [2.05, 4.69) is 14.7 Å². The fourth-order valence-corrected chi connectivity index (χ4v) is 3.15. The zero-order valence-corrected chi connectivity index (χ0v) is 16.2. The van der Waals surface area contributed by atoms with Crippen molar-refractivity contribution in [2.75, 3.05) is 7.05 Å². The lowest BCUT2D eigenvalue weighted by Crippen LogP contribution is -2.47. The molecule has 1 aliphatic heterocycles. The summed E-state index contributed by atoms with van der Waals surface area (Å²) in [5, 5.41) is 0. The first kappa shape index (κ1) is 21.3. The van der Waals surface area contributed by atoms with Crippen LogP contribution in [0.3, 0.4) is 0 Å². The van der Waals surface area contributed by atoms with Crippen LogP contribution in [0.25, 0.3) is 0 Å². The largest absolute Gasteiger partial charge is 0.433 e. The molecule has 1 aliphatic rings. The number of nitrogens with zero attached hydrogens (tertiary/aromatic N) is 3. The molecule has 3 rings (SSSR count). The van der Waals surface area contributed by atoms with E-state index in [9.17, 15) is 22.8 Å². The van der Waals surface area contributed by atoms with Gasteiger partial charge < -0.3 is 10.5 Å². The van der Waals surface area contributed by atoms with Gasteiger partial charge in [-0.2, -0.15) is 8.78 Å². The van der Waals surface area contributed by atoms with Gasteiger partial charge in [0.15, 0.2) is 11.7 Å². The number of halogens is 3. The minimum Gasteiger partial charge on any atom is -0.433 e. The summed E-state index contributed by atoms with van der Waals surface area (Å²) >= 11 is 0. The number of ether oxygens (including phenoxy) is 1. The average Bonchev–Trinajstić information content (AvgIpc) is 2.67. The van der Waals surface area contributed by atoms with E-state index in [0.717, 1.165) is 6.20 Å². The van der Waals surface area contributed by atoms with Gasteiger partial charge in [-0.25, -0.2) is 14.4 Å². The second-order valence-electron chi connectivity index (χ2n) is 7.05. The van der Waals surface area contributed by atoms with Crippen molar-refractivity contribution < 1.29 is 27.5 Å². The number of hydrogen-bond acceptors (Lipinski definition) is 6. The molecule has 0 radical (unpaired) electrons. The van der Waals surface area contributed by atoms with Crippen LogP contribution < -0.4 is 10.5 Å². The molecule has 0 saturated heterocycles. The third kappa shape index (κ3) is 4.42. The molecule has 1 unspecified atom stereocenters. The summed E-state index contributed by atoms with van der Waals surface area (Å²) in [5.41, 5.74) is 5.25. The summed E-state index contributed by atoms with van der Waals surface area (Å²) in [6.07, 6.45) is 0.836. The van der Waals surface area contributed by atoms with Crippen LogP contribution in [-0.4, -0.2) is 41.2 Å². The normalized spacial score (nSPS) is 19.1. The number of benzene rings is 1. The number of alkyl halides is 2. The van der Waals surface area contributed by atoms with Crippen molar-refractivity contribution in [3.63, 3.8) is 0 Å². The molecule has 0 spiro atoms. The molecule has 158 valence electrons. The highest BCUT2D eigenvalue weighted by Crippen LogP contribution is 2.35. The van der Waals surface area contributed by atoms with E-state index in [1.54, 1.807) is 6.92 Å². The highest BCUT2D eigenvalue weighted by Gasteiger charge is 2.38. The van der Waals surface area contributed by atoms with Crippen molar-refractivity contribution in [3.8, 4) is 5.75 Å². The fraction of sp³-hybridized carbons (Fsp3) is 0.300. The molecular formula is C20H19F3N4O3. The second-order valence-corrected chi connectivity index (χ2v) is 7.05. The molecule has 0 bridgehead atoms. The molecule has 2 aromatic rings. The van der Waals surface area contributed by atoms with E-state index < -0.39 is 23.8 Å². The van der Waals surface area contributed by atoms with Crippen molar-refractivity contribution in [3.05, 3.63) is 59.2 Å². The van der Waals surface area contributed by atoms with E-state index in [1.165, 1.54) is 42.3 Å². The standard InChI is InChI=1S/C20H19F3N4O3/c1-20(9-17(29)27(2)19(24)26-20)13-7-11(3-5-14(13)21)8-16(28)15-6-4-12(10-25-15)30-18(22)23/h3-7,10,18H,8-9H2,1-2H3,(H2,24,26). The van der Waals surface area contributed by atoms with Crippen molar-refractivity contribution in [1.82, 2.24) is 9.88 Å². The van der Waals surface area contributed by atoms with Crippen LogP contribution in [0, 0.1) is 5.82 Å². The van der Waals surface area contributed by atoms with Gasteiger partial charge in [-0.1, -0.05) is 6.07 Å². The van der Waals surface area contributed by atoms with Crippen molar-refractivity contribution >= 4 is 17.6 Å². The Balaban J connectivity index is 1.83. The molecule has 0 saturated carbocycles. The van der Waals surface area contributed by atoms with Crippen LogP contribution in [-0.2, 0) is 16.8 Å². The average molecular weight is 420 g/mol. The third-order valence-corrected chi connectivity index (χ3v) is 4.80. The first-order chi connectivity index (χ1) is 14.1. The molecule has 1 aromatic carbocycles. The molecule has 1 atom stereocenters. The predicted molar refractivity (Wildman–Crippen MR) is 102 cm³/mol. The van der Waals surface area contributed by atoms with Gasteiger partial charge in [-0.15, -0.1) is 0 Å². The van der Waals surface area contributed by atoms with E-state index in [-0.39, 0.29) is 41.7 Å². The first-order valence-electron chi connectivity index (χ1n) is 8.94. The van der Waals surface area contributed by atoms with E-state index in [1.807, 2.05) is 0 Å². The molecule has 0 aliphatic carbocycles. The van der Waals surface area contributed by atoms with Gasteiger partial charge in [0, 0.05) is 19.0 Å². The lowest BCUT2D eigenvalue weighted by Gasteiger charge is -2.34. The van der Waals surface area contributed by atoms with Gasteiger partial charge in [-0.3, -0.25) is 14.5 Å². The molecule has 2 N–H and O–H groups in total. The maximum atomic E-state index is 14.6. The SMILES string of the molecule is CN1C(=O)CC(C)(c2cc(CC(=O)c3ccc(OC(F)F)cn3)ccc2F)N=C1N. The molecule has 1 amide bonds. The minimum atomic E-state index is -2.99. The smallest absolute Gasteiger partial charge is 0.387 e. The number of carbonyl (C=O) groups excluding carboxylic acids is 2. The number of aromatic nitrogens is 1. The number of amides is 1. The highest BCUT2D eigenvalue weighted by atomic mass is 19.3. The lowest BCUT2D eigenvalue weighted by atomic mass is 9.85. The molecule has 10 heteroatoms. The van der Waals surface area contributed by atoms with Gasteiger partial charge in [0.2, 0.25) is 5.91 Å². The zero-order valence-electron chi connectivity index (χ0n) is 16.2. The number of aliphatic imine (C=N–C) groups is 1. The number of Topliss-reactive ketones (excluding diaryl/α,β-unsaturated/α-hetero) is 1. The number of nitrogens with two attached hydrogens (primary N) is 1. The van der Waals surface area contributed by atoms with Crippen LogP contribution in [0.5, 0.6) is 5.75 Å².